The molecule has 0 saturated carbocycles. The summed E-state index contributed by atoms with van der Waals surface area (Å²) in [6.45, 7) is 2.10. The summed E-state index contributed by atoms with van der Waals surface area (Å²) in [6.07, 6.45) is 3.34. The van der Waals surface area contributed by atoms with E-state index in [0.29, 0.717) is 17.0 Å². The molecule has 3 heterocycles. The van der Waals surface area contributed by atoms with E-state index < -0.39 is 15.8 Å². The van der Waals surface area contributed by atoms with Crippen molar-refractivity contribution >= 4 is 31.8 Å². The monoisotopic (exact) mass is 517 g/mol. The van der Waals surface area contributed by atoms with Gasteiger partial charge in [0.05, 0.1) is 17.5 Å². The van der Waals surface area contributed by atoms with Crippen LogP contribution in [0.3, 0.4) is 0 Å². The molecule has 1 fully saturated rings. The molecule has 5 aromatic rings. The fourth-order valence-corrected chi connectivity index (χ4v) is 5.73. The molecule has 3 aromatic carbocycles. The number of hydrogen-bond donors (Lipinski definition) is 4. The van der Waals surface area contributed by atoms with Crippen molar-refractivity contribution in [1.29, 1.82) is 0 Å². The summed E-state index contributed by atoms with van der Waals surface area (Å²) >= 11 is 0. The Bertz CT molecular complexity index is 1720. The normalized spacial score (nSPS) is 15.1. The molecule has 4 N–H and O–H groups in total. The van der Waals surface area contributed by atoms with Crippen LogP contribution in [0.4, 0.5) is 4.39 Å². The fraction of sp³-hybridized carbons (Fsp3) is 0.250. The van der Waals surface area contributed by atoms with Crippen LogP contribution in [0.15, 0.2) is 60.7 Å². The van der Waals surface area contributed by atoms with Gasteiger partial charge in [-0.1, -0.05) is 18.2 Å². The molecule has 0 unspecified atom stereocenters. The zero-order valence-corrected chi connectivity index (χ0v) is 21.3. The first-order valence-electron chi connectivity index (χ1n) is 12.4. The van der Waals surface area contributed by atoms with E-state index in [-0.39, 0.29) is 6.54 Å². The second-order valence-corrected chi connectivity index (χ2v) is 11.6. The number of rotatable bonds is 6. The first kappa shape index (κ1) is 23.8. The van der Waals surface area contributed by atoms with Crippen LogP contribution < -0.4 is 10.0 Å². The van der Waals surface area contributed by atoms with Crippen LogP contribution in [0.2, 0.25) is 0 Å². The number of H-pyrrole nitrogens is 2. The lowest BCUT2D eigenvalue weighted by molar-refractivity contribution is 0.460. The van der Waals surface area contributed by atoms with Gasteiger partial charge in [-0.25, -0.2) is 17.5 Å². The van der Waals surface area contributed by atoms with Crippen LogP contribution in [0, 0.1) is 5.82 Å². The van der Waals surface area contributed by atoms with Gasteiger partial charge in [0.1, 0.15) is 11.5 Å². The number of halogens is 1. The van der Waals surface area contributed by atoms with Crippen LogP contribution >= 0.6 is 0 Å². The van der Waals surface area contributed by atoms with Crippen LogP contribution in [0.5, 0.6) is 0 Å². The Hall–Kier alpha value is -3.53. The summed E-state index contributed by atoms with van der Waals surface area (Å²) in [6, 6.07) is 19.1. The number of fused-ring (bicyclic) bond motifs is 2. The standard InChI is InChI=1S/C28H28FN5O2S/c1-37(35,36)31-16-17-11-20(13-21(29)12-17)22-3-2-4-25-23(22)15-27(32-25)28-24-14-19(5-6-26(24)33-34-28)18-7-9-30-10-8-18/h2-6,11-15,18,30-32H,7-10,16H2,1H3,(H,33,34). The molecule has 7 nitrogen and oxygen atoms in total. The molecule has 1 saturated heterocycles. The van der Waals surface area contributed by atoms with Crippen LogP contribution in [-0.2, 0) is 16.6 Å². The average molecular weight is 518 g/mol. The molecule has 9 heteroatoms. The lowest BCUT2D eigenvalue weighted by Crippen LogP contribution is -2.26. The van der Waals surface area contributed by atoms with Crippen molar-refractivity contribution in [3.63, 3.8) is 0 Å². The number of sulfonamides is 1. The van der Waals surface area contributed by atoms with Crippen molar-refractivity contribution in [2.45, 2.75) is 25.3 Å². The molecule has 2 aromatic heterocycles. The SMILES string of the molecule is CS(=O)(=O)NCc1cc(F)cc(-c2cccc3[nH]c(-c4n[nH]c5ccc(C6CCNCC6)cc45)cc23)c1. The molecule has 0 aliphatic carbocycles. The van der Waals surface area contributed by atoms with Crippen molar-refractivity contribution < 1.29 is 12.8 Å². The minimum Gasteiger partial charge on any atom is -0.353 e. The summed E-state index contributed by atoms with van der Waals surface area (Å²) < 4.78 is 40.0. The summed E-state index contributed by atoms with van der Waals surface area (Å²) in [5.74, 6) is 0.126. The van der Waals surface area contributed by atoms with Crippen molar-refractivity contribution in [2.75, 3.05) is 19.3 Å². The molecule has 0 atom stereocenters. The number of nitrogens with one attached hydrogen (secondary N) is 4. The Morgan fingerprint density at radius 2 is 1.84 bits per heavy atom. The molecule has 0 spiro atoms. The van der Waals surface area contributed by atoms with Gasteiger partial charge < -0.3 is 10.3 Å². The number of nitrogens with zero attached hydrogens (tertiary/aromatic N) is 1. The maximum absolute atomic E-state index is 14.5. The highest BCUT2D eigenvalue weighted by molar-refractivity contribution is 7.88. The molecule has 37 heavy (non-hydrogen) atoms. The Kier molecular flexibility index (Phi) is 6.06. The van der Waals surface area contributed by atoms with Crippen LogP contribution in [-0.4, -0.2) is 42.9 Å². The van der Waals surface area contributed by atoms with E-state index in [1.807, 2.05) is 24.3 Å². The molecular formula is C28H28FN5O2S. The van der Waals surface area contributed by atoms with E-state index in [1.54, 1.807) is 0 Å². The maximum Gasteiger partial charge on any atom is 0.209 e. The first-order valence-corrected chi connectivity index (χ1v) is 14.3. The van der Waals surface area contributed by atoms with Gasteiger partial charge in [-0.2, -0.15) is 5.10 Å². The lowest BCUT2D eigenvalue weighted by atomic mass is 9.89. The quantitative estimate of drug-likeness (QED) is 0.254. The molecule has 0 radical (unpaired) electrons. The number of piperidine rings is 1. The molecule has 1 aliphatic heterocycles. The number of hydrogen-bond acceptors (Lipinski definition) is 4. The minimum absolute atomic E-state index is 0.0244. The van der Waals surface area contributed by atoms with Gasteiger partial charge in [0.15, 0.2) is 0 Å². The van der Waals surface area contributed by atoms with E-state index in [9.17, 15) is 12.8 Å². The molecule has 1 aliphatic rings. The summed E-state index contributed by atoms with van der Waals surface area (Å²) in [5, 5.41) is 13.2. The van der Waals surface area contributed by atoms with Crippen molar-refractivity contribution in [3.05, 3.63) is 77.6 Å². The Labute approximate surface area is 214 Å². The Morgan fingerprint density at radius 1 is 1.00 bits per heavy atom. The molecule has 6 rings (SSSR count). The highest BCUT2D eigenvalue weighted by Crippen LogP contribution is 2.36. The highest BCUT2D eigenvalue weighted by Gasteiger charge is 2.18. The first-order chi connectivity index (χ1) is 17.8. The van der Waals surface area contributed by atoms with Gasteiger partial charge >= 0.3 is 0 Å². The minimum atomic E-state index is -3.39. The number of aromatic amines is 2. The Morgan fingerprint density at radius 3 is 2.65 bits per heavy atom. The van der Waals surface area contributed by atoms with Gasteiger partial charge in [-0.3, -0.25) is 5.10 Å². The average Bonchev–Trinajstić information content (AvgIpc) is 3.51. The van der Waals surface area contributed by atoms with E-state index in [0.717, 1.165) is 70.9 Å². The number of benzene rings is 3. The highest BCUT2D eigenvalue weighted by atomic mass is 32.2. The third kappa shape index (κ3) is 4.90. The van der Waals surface area contributed by atoms with E-state index in [2.05, 4.69) is 49.5 Å². The van der Waals surface area contributed by atoms with E-state index in [4.69, 9.17) is 0 Å². The molecule has 0 bridgehead atoms. The van der Waals surface area contributed by atoms with Gasteiger partial charge in [0, 0.05) is 22.8 Å². The van der Waals surface area contributed by atoms with Gasteiger partial charge in [0.2, 0.25) is 10.0 Å². The maximum atomic E-state index is 14.5. The second-order valence-electron chi connectivity index (χ2n) is 9.79. The third-order valence-electron chi connectivity index (χ3n) is 7.12. The topological polar surface area (TPSA) is 103 Å². The second kappa shape index (κ2) is 9.41. The van der Waals surface area contributed by atoms with Crippen LogP contribution in [0.1, 0.15) is 29.9 Å². The van der Waals surface area contributed by atoms with Crippen molar-refractivity contribution in [1.82, 2.24) is 25.2 Å². The van der Waals surface area contributed by atoms with Crippen molar-refractivity contribution in [2.24, 2.45) is 0 Å². The summed E-state index contributed by atoms with van der Waals surface area (Å²) in [4.78, 5) is 3.50. The predicted molar refractivity (Wildman–Crippen MR) is 145 cm³/mol. The number of aromatic nitrogens is 3. The zero-order valence-electron chi connectivity index (χ0n) is 20.4. The summed E-state index contributed by atoms with van der Waals surface area (Å²) in [5.41, 5.74) is 7.06. The van der Waals surface area contributed by atoms with Crippen LogP contribution in [0.25, 0.3) is 44.3 Å². The third-order valence-corrected chi connectivity index (χ3v) is 7.79. The molecule has 0 amide bonds. The largest absolute Gasteiger partial charge is 0.353 e. The van der Waals surface area contributed by atoms with Gasteiger partial charge in [-0.15, -0.1) is 0 Å². The lowest BCUT2D eigenvalue weighted by Gasteiger charge is -2.23. The molecule has 190 valence electrons. The zero-order chi connectivity index (χ0) is 25.6. The van der Waals surface area contributed by atoms with Crippen molar-refractivity contribution in [3.8, 4) is 22.5 Å². The Balaban J connectivity index is 1.40. The smallest absolute Gasteiger partial charge is 0.209 e. The van der Waals surface area contributed by atoms with Gasteiger partial charge in [0.25, 0.3) is 0 Å². The molecular weight excluding hydrogens is 489 g/mol. The van der Waals surface area contributed by atoms with Gasteiger partial charge in [-0.05, 0) is 96.6 Å². The van der Waals surface area contributed by atoms with E-state index in [1.165, 1.54) is 17.7 Å². The predicted octanol–water partition coefficient (Wildman–Crippen LogP) is 5.03. The summed E-state index contributed by atoms with van der Waals surface area (Å²) in [7, 11) is -3.39. The van der Waals surface area contributed by atoms with E-state index >= 15 is 0 Å². The fourth-order valence-electron chi connectivity index (χ4n) is 5.30.